The summed E-state index contributed by atoms with van der Waals surface area (Å²) >= 11 is 0. The van der Waals surface area contributed by atoms with Crippen LogP contribution in [0.25, 0.3) is 0 Å². The maximum atomic E-state index is 11.4. The maximum absolute atomic E-state index is 11.4. The number of Topliss-reactive ketones (excluding diaryl/α,β-unsaturated/α-hetero) is 1. The fraction of sp³-hybridized carbons (Fsp3) is 0.333. The molecule has 4 N–H and O–H groups in total. The summed E-state index contributed by atoms with van der Waals surface area (Å²) in [5, 5.41) is 19.4. The molecule has 0 atom stereocenters. The monoisotopic (exact) mass is 370 g/mol. The van der Waals surface area contributed by atoms with Gasteiger partial charge in [0.25, 0.3) is 0 Å². The Hall–Kier alpha value is -2.70. The summed E-state index contributed by atoms with van der Waals surface area (Å²) in [7, 11) is 0. The average molecular weight is 370 g/mol. The van der Waals surface area contributed by atoms with Crippen LogP contribution in [0.5, 0.6) is 5.75 Å². The summed E-state index contributed by atoms with van der Waals surface area (Å²) in [4.78, 5) is 15.7. The zero-order chi connectivity index (χ0) is 19.7. The average Bonchev–Trinajstić information content (AvgIpc) is 2.66. The van der Waals surface area contributed by atoms with Crippen LogP contribution in [0.15, 0.2) is 65.8 Å². The maximum Gasteiger partial charge on any atom is 0.161 e. The summed E-state index contributed by atoms with van der Waals surface area (Å²) in [6.45, 7) is 9.82. The first kappa shape index (κ1) is 22.3. The van der Waals surface area contributed by atoms with Crippen molar-refractivity contribution >= 4 is 12.0 Å². The number of phenolic OH excluding ortho intramolecular Hbond substituents is 1. The number of carbonyl (C=O) groups excluding carboxylic acids is 1. The fourth-order valence-corrected chi connectivity index (χ4v) is 2.11. The lowest BCUT2D eigenvalue weighted by molar-refractivity contribution is -0.113. The molecule has 0 amide bonds. The number of aromatic hydroxyl groups is 1. The highest BCUT2D eigenvalue weighted by Crippen LogP contribution is 2.12. The number of benzene rings is 1. The summed E-state index contributed by atoms with van der Waals surface area (Å²) < 4.78 is 0. The highest BCUT2D eigenvalue weighted by Gasteiger charge is 1.97. The number of phenols is 1. The van der Waals surface area contributed by atoms with Gasteiger partial charge in [0.1, 0.15) is 5.75 Å². The second kappa shape index (κ2) is 14.5. The molecule has 0 saturated carbocycles. The number of nitrogens with one attached hydrogen (secondary N) is 3. The summed E-state index contributed by atoms with van der Waals surface area (Å²) in [6.07, 6.45) is 8.54. The van der Waals surface area contributed by atoms with Crippen molar-refractivity contribution in [3.8, 4) is 5.75 Å². The summed E-state index contributed by atoms with van der Waals surface area (Å²) in [5.74, 6) is 0.261. The van der Waals surface area contributed by atoms with Gasteiger partial charge >= 0.3 is 0 Å². The quantitative estimate of drug-likeness (QED) is 0.174. The van der Waals surface area contributed by atoms with Gasteiger partial charge in [0.05, 0.1) is 6.54 Å². The molecule has 0 fully saturated rings. The summed E-state index contributed by atoms with van der Waals surface area (Å²) in [5.41, 5.74) is 1.36. The van der Waals surface area contributed by atoms with E-state index >= 15 is 0 Å². The van der Waals surface area contributed by atoms with Gasteiger partial charge in [0, 0.05) is 56.3 Å². The van der Waals surface area contributed by atoms with Gasteiger partial charge in [-0.25, -0.2) is 0 Å². The first-order valence-corrected chi connectivity index (χ1v) is 9.08. The number of hydrogen-bond donors (Lipinski definition) is 4. The van der Waals surface area contributed by atoms with Crippen molar-refractivity contribution in [1.82, 2.24) is 16.0 Å². The largest absolute Gasteiger partial charge is 0.507 e. The van der Waals surface area contributed by atoms with Crippen LogP contribution < -0.4 is 16.0 Å². The van der Waals surface area contributed by atoms with E-state index in [1.165, 1.54) is 6.92 Å². The van der Waals surface area contributed by atoms with E-state index in [-0.39, 0.29) is 11.5 Å². The first-order valence-electron chi connectivity index (χ1n) is 9.08. The molecule has 27 heavy (non-hydrogen) atoms. The van der Waals surface area contributed by atoms with Crippen molar-refractivity contribution in [2.75, 3.05) is 39.3 Å². The predicted octanol–water partition coefficient (Wildman–Crippen LogP) is 1.80. The molecule has 0 aliphatic carbocycles. The van der Waals surface area contributed by atoms with Crippen LogP contribution in [-0.2, 0) is 4.79 Å². The Morgan fingerprint density at radius 3 is 2.56 bits per heavy atom. The second-order valence-electron chi connectivity index (χ2n) is 5.80. The summed E-state index contributed by atoms with van der Waals surface area (Å²) in [6, 6.07) is 7.13. The van der Waals surface area contributed by atoms with Gasteiger partial charge < -0.3 is 21.1 Å². The van der Waals surface area contributed by atoms with E-state index in [1.54, 1.807) is 42.8 Å². The number of aliphatic imine (C=N–C) groups is 1. The van der Waals surface area contributed by atoms with Crippen molar-refractivity contribution in [2.24, 2.45) is 4.99 Å². The van der Waals surface area contributed by atoms with E-state index in [4.69, 9.17) is 0 Å². The minimum Gasteiger partial charge on any atom is -0.507 e. The molecule has 0 aromatic heterocycles. The van der Waals surface area contributed by atoms with Crippen LogP contribution in [0.3, 0.4) is 0 Å². The van der Waals surface area contributed by atoms with Crippen LogP contribution in [0.2, 0.25) is 0 Å². The number of hydrogen-bond acceptors (Lipinski definition) is 6. The Kier molecular flexibility index (Phi) is 12.0. The number of para-hydroxylation sites is 1. The number of allylic oxidation sites excluding steroid dienone is 4. The highest BCUT2D eigenvalue weighted by atomic mass is 16.3. The number of ketones is 1. The van der Waals surface area contributed by atoms with Crippen molar-refractivity contribution in [3.63, 3.8) is 0 Å². The number of nitrogens with zero attached hydrogens (tertiary/aromatic N) is 1. The third-order valence-corrected chi connectivity index (χ3v) is 3.59. The van der Waals surface area contributed by atoms with Gasteiger partial charge in [0.2, 0.25) is 0 Å². The molecule has 0 aliphatic rings. The Morgan fingerprint density at radius 1 is 1.15 bits per heavy atom. The first-order chi connectivity index (χ1) is 13.1. The van der Waals surface area contributed by atoms with E-state index in [0.717, 1.165) is 38.3 Å². The standard InChI is InChI=1S/C21H30N4O2/c1-3-4-7-19(18(2)26)16-24-14-12-22-10-11-23-13-15-25-17-20-8-5-6-9-21(20)27/h3-9,16-17,22-24,27H,1,10-15H2,2H3/b7-4-,19-16?,25-17?. The molecule has 0 heterocycles. The van der Waals surface area contributed by atoms with Gasteiger partial charge in [0.15, 0.2) is 5.78 Å². The molecular formula is C21H30N4O2. The molecule has 0 spiro atoms. The van der Waals surface area contributed by atoms with Crippen molar-refractivity contribution in [2.45, 2.75) is 6.92 Å². The van der Waals surface area contributed by atoms with Crippen molar-refractivity contribution in [3.05, 3.63) is 66.4 Å². The number of rotatable bonds is 14. The predicted molar refractivity (Wildman–Crippen MR) is 112 cm³/mol. The Morgan fingerprint density at radius 2 is 1.85 bits per heavy atom. The molecule has 0 bridgehead atoms. The smallest absolute Gasteiger partial charge is 0.161 e. The SMILES string of the molecule is C=C/C=C\C(=CNCCNCCNCCN=Cc1ccccc1O)C(C)=O. The normalized spacial score (nSPS) is 12.0. The third kappa shape index (κ3) is 10.8. The zero-order valence-corrected chi connectivity index (χ0v) is 15.9. The van der Waals surface area contributed by atoms with Gasteiger partial charge in [-0.05, 0) is 25.1 Å². The molecule has 6 nitrogen and oxygen atoms in total. The number of carbonyl (C=O) groups is 1. The molecule has 0 saturated heterocycles. The van der Waals surface area contributed by atoms with Crippen LogP contribution in [0.1, 0.15) is 12.5 Å². The molecule has 6 heteroatoms. The topological polar surface area (TPSA) is 85.8 Å². The van der Waals surface area contributed by atoms with Crippen LogP contribution >= 0.6 is 0 Å². The van der Waals surface area contributed by atoms with Crippen molar-refractivity contribution in [1.29, 1.82) is 0 Å². The second-order valence-corrected chi connectivity index (χ2v) is 5.80. The molecule has 0 unspecified atom stereocenters. The van der Waals surface area contributed by atoms with E-state index < -0.39 is 0 Å². The molecular weight excluding hydrogens is 340 g/mol. The lowest BCUT2D eigenvalue weighted by Crippen LogP contribution is -2.32. The van der Waals surface area contributed by atoms with E-state index in [1.807, 2.05) is 12.1 Å². The lowest BCUT2D eigenvalue weighted by Gasteiger charge is -2.06. The van der Waals surface area contributed by atoms with Crippen LogP contribution in [-0.4, -0.2) is 56.4 Å². The minimum absolute atomic E-state index is 0.0166. The lowest BCUT2D eigenvalue weighted by atomic mass is 10.2. The molecule has 1 aromatic carbocycles. The molecule has 146 valence electrons. The van der Waals surface area contributed by atoms with Gasteiger partial charge in [-0.2, -0.15) is 0 Å². The van der Waals surface area contributed by atoms with Gasteiger partial charge in [-0.15, -0.1) is 0 Å². The van der Waals surface area contributed by atoms with E-state index in [2.05, 4.69) is 27.5 Å². The molecule has 0 aliphatic heterocycles. The minimum atomic E-state index is 0.0166. The third-order valence-electron chi connectivity index (χ3n) is 3.59. The van der Waals surface area contributed by atoms with E-state index in [9.17, 15) is 9.90 Å². The zero-order valence-electron chi connectivity index (χ0n) is 15.9. The molecule has 1 rings (SSSR count). The Bertz CT molecular complexity index is 666. The molecule has 1 aromatic rings. The van der Waals surface area contributed by atoms with Crippen LogP contribution in [0, 0.1) is 0 Å². The molecule has 0 radical (unpaired) electrons. The van der Waals surface area contributed by atoms with Gasteiger partial charge in [-0.3, -0.25) is 9.79 Å². The Balaban J connectivity index is 2.03. The van der Waals surface area contributed by atoms with Crippen LogP contribution in [0.4, 0.5) is 0 Å². The van der Waals surface area contributed by atoms with Crippen molar-refractivity contribution < 1.29 is 9.90 Å². The van der Waals surface area contributed by atoms with Gasteiger partial charge in [-0.1, -0.05) is 30.9 Å². The van der Waals surface area contributed by atoms with E-state index in [0.29, 0.717) is 12.1 Å². The fourth-order valence-electron chi connectivity index (χ4n) is 2.11. The Labute approximate surface area is 161 Å². The highest BCUT2D eigenvalue weighted by molar-refractivity contribution is 5.95.